The fourth-order valence-electron chi connectivity index (χ4n) is 2.38. The van der Waals surface area contributed by atoms with Crippen LogP contribution in [0.2, 0.25) is 0 Å². The van der Waals surface area contributed by atoms with Crippen LogP contribution in [0, 0.1) is 0 Å². The van der Waals surface area contributed by atoms with Gasteiger partial charge in [-0.2, -0.15) is 0 Å². The van der Waals surface area contributed by atoms with E-state index in [1.165, 1.54) is 0 Å². The van der Waals surface area contributed by atoms with Crippen molar-refractivity contribution in [2.75, 3.05) is 13.2 Å². The second kappa shape index (κ2) is 6.17. The Balaban J connectivity index is 1.70. The molecule has 0 saturated carbocycles. The number of ether oxygens (including phenoxy) is 1. The molecule has 0 spiro atoms. The molecule has 1 aliphatic heterocycles. The minimum Gasteiger partial charge on any atom is -0.378 e. The SMILES string of the molecule is CCC1CC(NCCc2nccn2C)CCO1. The number of nitrogens with one attached hydrogen (secondary N) is 1. The zero-order valence-corrected chi connectivity index (χ0v) is 10.9. The Morgan fingerprint density at radius 2 is 2.47 bits per heavy atom. The zero-order valence-electron chi connectivity index (χ0n) is 10.9. The van der Waals surface area contributed by atoms with Crippen molar-refractivity contribution in [1.29, 1.82) is 0 Å². The summed E-state index contributed by atoms with van der Waals surface area (Å²) in [5, 5.41) is 3.62. The Hall–Kier alpha value is -0.870. The first-order chi connectivity index (χ1) is 8.29. The van der Waals surface area contributed by atoms with E-state index < -0.39 is 0 Å². The standard InChI is InChI=1S/C13H23N3O/c1-3-12-10-11(5-9-17-12)14-6-4-13-15-7-8-16(13)2/h7-8,11-12,14H,3-6,9-10H2,1-2H3. The molecule has 17 heavy (non-hydrogen) atoms. The van der Waals surface area contributed by atoms with E-state index in [0.717, 1.165) is 44.7 Å². The topological polar surface area (TPSA) is 39.1 Å². The highest BCUT2D eigenvalue weighted by Gasteiger charge is 2.20. The van der Waals surface area contributed by atoms with Crippen LogP contribution in [0.1, 0.15) is 32.0 Å². The Morgan fingerprint density at radius 1 is 1.59 bits per heavy atom. The van der Waals surface area contributed by atoms with Crippen molar-refractivity contribution >= 4 is 0 Å². The predicted octanol–water partition coefficient (Wildman–Crippen LogP) is 1.51. The van der Waals surface area contributed by atoms with Crippen LogP contribution in [0.4, 0.5) is 0 Å². The molecule has 1 aromatic heterocycles. The molecule has 1 aromatic rings. The Morgan fingerprint density at radius 3 is 3.18 bits per heavy atom. The highest BCUT2D eigenvalue weighted by atomic mass is 16.5. The van der Waals surface area contributed by atoms with Gasteiger partial charge in [-0.15, -0.1) is 0 Å². The summed E-state index contributed by atoms with van der Waals surface area (Å²) in [5.74, 6) is 1.15. The minimum atomic E-state index is 0.453. The van der Waals surface area contributed by atoms with E-state index in [1.54, 1.807) is 0 Å². The van der Waals surface area contributed by atoms with Crippen molar-refractivity contribution < 1.29 is 4.74 Å². The van der Waals surface area contributed by atoms with Gasteiger partial charge in [-0.05, 0) is 19.3 Å². The molecular formula is C13H23N3O. The lowest BCUT2D eigenvalue weighted by atomic mass is 10.0. The van der Waals surface area contributed by atoms with Gasteiger partial charge in [0.05, 0.1) is 6.10 Å². The predicted molar refractivity (Wildman–Crippen MR) is 68.0 cm³/mol. The van der Waals surface area contributed by atoms with Crippen molar-refractivity contribution in [1.82, 2.24) is 14.9 Å². The number of aromatic nitrogens is 2. The van der Waals surface area contributed by atoms with E-state index in [1.807, 2.05) is 19.4 Å². The van der Waals surface area contributed by atoms with Crippen molar-refractivity contribution in [3.05, 3.63) is 18.2 Å². The van der Waals surface area contributed by atoms with Gasteiger partial charge in [-0.25, -0.2) is 4.98 Å². The van der Waals surface area contributed by atoms with Crippen LogP contribution < -0.4 is 5.32 Å². The summed E-state index contributed by atoms with van der Waals surface area (Å²) in [6, 6.07) is 0.619. The highest BCUT2D eigenvalue weighted by Crippen LogP contribution is 2.16. The molecule has 0 aromatic carbocycles. The number of hydrogen-bond acceptors (Lipinski definition) is 3. The van der Waals surface area contributed by atoms with Gasteiger partial charge in [0.1, 0.15) is 5.82 Å². The molecule has 2 atom stereocenters. The lowest BCUT2D eigenvalue weighted by Gasteiger charge is -2.29. The molecular weight excluding hydrogens is 214 g/mol. The first-order valence-electron chi connectivity index (χ1n) is 6.60. The third-order valence-corrected chi connectivity index (χ3v) is 3.53. The van der Waals surface area contributed by atoms with Gasteiger partial charge in [0.15, 0.2) is 0 Å². The summed E-state index contributed by atoms with van der Waals surface area (Å²) >= 11 is 0. The second-order valence-electron chi connectivity index (χ2n) is 4.78. The van der Waals surface area contributed by atoms with E-state index in [2.05, 4.69) is 21.8 Å². The van der Waals surface area contributed by atoms with E-state index in [0.29, 0.717) is 12.1 Å². The molecule has 0 aliphatic carbocycles. The van der Waals surface area contributed by atoms with Gasteiger partial charge in [0, 0.05) is 45.1 Å². The van der Waals surface area contributed by atoms with Crippen LogP contribution in [-0.2, 0) is 18.2 Å². The van der Waals surface area contributed by atoms with Crippen molar-refractivity contribution in [3.8, 4) is 0 Å². The van der Waals surface area contributed by atoms with E-state index in [9.17, 15) is 0 Å². The molecule has 0 bridgehead atoms. The largest absolute Gasteiger partial charge is 0.378 e. The number of nitrogens with zero attached hydrogens (tertiary/aromatic N) is 2. The monoisotopic (exact) mass is 237 g/mol. The molecule has 0 amide bonds. The molecule has 96 valence electrons. The van der Waals surface area contributed by atoms with Crippen LogP contribution in [0.25, 0.3) is 0 Å². The Kier molecular flexibility index (Phi) is 4.57. The van der Waals surface area contributed by atoms with Crippen LogP contribution >= 0.6 is 0 Å². The molecule has 2 rings (SSSR count). The van der Waals surface area contributed by atoms with E-state index in [-0.39, 0.29) is 0 Å². The molecule has 1 aliphatic rings. The second-order valence-corrected chi connectivity index (χ2v) is 4.78. The lowest BCUT2D eigenvalue weighted by Crippen LogP contribution is -2.39. The minimum absolute atomic E-state index is 0.453. The van der Waals surface area contributed by atoms with Gasteiger partial charge in [0.2, 0.25) is 0 Å². The first kappa shape index (κ1) is 12.6. The Labute approximate surface area is 103 Å². The summed E-state index contributed by atoms with van der Waals surface area (Å²) in [6.07, 6.45) is 8.71. The average Bonchev–Trinajstić information content (AvgIpc) is 2.76. The lowest BCUT2D eigenvalue weighted by molar-refractivity contribution is 0.0000926. The molecule has 2 heterocycles. The fourth-order valence-corrected chi connectivity index (χ4v) is 2.38. The molecule has 4 nitrogen and oxygen atoms in total. The zero-order chi connectivity index (χ0) is 12.1. The van der Waals surface area contributed by atoms with Crippen LogP contribution in [0.15, 0.2) is 12.4 Å². The third-order valence-electron chi connectivity index (χ3n) is 3.53. The van der Waals surface area contributed by atoms with Gasteiger partial charge in [-0.1, -0.05) is 6.92 Å². The van der Waals surface area contributed by atoms with Crippen molar-refractivity contribution in [2.45, 2.75) is 44.8 Å². The Bertz CT molecular complexity index is 337. The smallest absolute Gasteiger partial charge is 0.109 e. The van der Waals surface area contributed by atoms with Crippen molar-refractivity contribution in [2.24, 2.45) is 7.05 Å². The number of aryl methyl sites for hydroxylation is 1. The molecule has 0 radical (unpaired) electrons. The summed E-state index contributed by atoms with van der Waals surface area (Å²) < 4.78 is 7.76. The van der Waals surface area contributed by atoms with Gasteiger partial charge >= 0.3 is 0 Å². The molecule has 4 heteroatoms. The molecule has 1 fully saturated rings. The van der Waals surface area contributed by atoms with Crippen LogP contribution in [0.3, 0.4) is 0 Å². The van der Waals surface area contributed by atoms with Gasteiger partial charge < -0.3 is 14.6 Å². The average molecular weight is 237 g/mol. The number of rotatable bonds is 5. The molecule has 1 N–H and O–H groups in total. The highest BCUT2D eigenvalue weighted by molar-refractivity contribution is 4.92. The first-order valence-corrected chi connectivity index (χ1v) is 6.60. The summed E-state index contributed by atoms with van der Waals surface area (Å²) in [6.45, 7) is 4.10. The van der Waals surface area contributed by atoms with Crippen molar-refractivity contribution in [3.63, 3.8) is 0 Å². The summed E-state index contributed by atoms with van der Waals surface area (Å²) in [4.78, 5) is 4.33. The van der Waals surface area contributed by atoms with Gasteiger partial charge in [-0.3, -0.25) is 0 Å². The van der Waals surface area contributed by atoms with Crippen LogP contribution in [0.5, 0.6) is 0 Å². The molecule has 2 unspecified atom stereocenters. The number of hydrogen-bond donors (Lipinski definition) is 1. The van der Waals surface area contributed by atoms with E-state index >= 15 is 0 Å². The number of imidazole rings is 1. The van der Waals surface area contributed by atoms with Crippen LogP contribution in [-0.4, -0.2) is 34.8 Å². The summed E-state index contributed by atoms with van der Waals surface area (Å²) in [5.41, 5.74) is 0. The van der Waals surface area contributed by atoms with Gasteiger partial charge in [0.25, 0.3) is 0 Å². The fraction of sp³-hybridized carbons (Fsp3) is 0.769. The maximum atomic E-state index is 5.67. The summed E-state index contributed by atoms with van der Waals surface area (Å²) in [7, 11) is 2.05. The quantitative estimate of drug-likeness (QED) is 0.843. The third kappa shape index (κ3) is 3.54. The molecule has 1 saturated heterocycles. The maximum absolute atomic E-state index is 5.67. The van der Waals surface area contributed by atoms with E-state index in [4.69, 9.17) is 4.74 Å². The normalized spacial score (nSPS) is 25.1. The maximum Gasteiger partial charge on any atom is 0.109 e.